The second-order valence-corrected chi connectivity index (χ2v) is 5.89. The van der Waals surface area contributed by atoms with E-state index in [9.17, 15) is 20.0 Å². The number of carbonyl (C=O) groups excluding carboxylic acids is 1. The normalized spacial score (nSPS) is 11.8. The molecule has 142 valence electrons. The quantitative estimate of drug-likeness (QED) is 0.378. The van der Waals surface area contributed by atoms with E-state index in [-0.39, 0.29) is 10.6 Å². The van der Waals surface area contributed by atoms with E-state index in [1.54, 1.807) is 38.3 Å². The molecule has 1 atom stereocenters. The third kappa shape index (κ3) is 5.32. The van der Waals surface area contributed by atoms with Gasteiger partial charge in [0.25, 0.3) is 5.91 Å². The number of phenols is 1. The zero-order valence-electron chi connectivity index (χ0n) is 14.5. The minimum absolute atomic E-state index is 0.00488. The predicted molar refractivity (Wildman–Crippen MR) is 102 cm³/mol. The Labute approximate surface area is 159 Å². The van der Waals surface area contributed by atoms with Crippen LogP contribution in [0.3, 0.4) is 0 Å². The number of nitro groups is 1. The fraction of sp³-hybridized carbons (Fsp3) is 0.176. The molecule has 10 heteroatoms. The molecule has 0 saturated carbocycles. The second kappa shape index (κ2) is 8.86. The summed E-state index contributed by atoms with van der Waals surface area (Å²) in [5.41, 5.74) is 2.46. The van der Waals surface area contributed by atoms with Gasteiger partial charge >= 0.3 is 5.69 Å². The first-order chi connectivity index (χ1) is 12.8. The van der Waals surface area contributed by atoms with Crippen LogP contribution in [0.4, 0.5) is 11.4 Å². The van der Waals surface area contributed by atoms with Gasteiger partial charge in [0.1, 0.15) is 11.8 Å². The van der Waals surface area contributed by atoms with E-state index in [0.29, 0.717) is 11.4 Å². The summed E-state index contributed by atoms with van der Waals surface area (Å²) in [6.07, 6.45) is 1.08. The van der Waals surface area contributed by atoms with Crippen LogP contribution in [0.15, 0.2) is 41.5 Å². The topological polar surface area (TPSA) is 126 Å². The van der Waals surface area contributed by atoms with Gasteiger partial charge in [-0.15, -0.1) is 0 Å². The Kier molecular flexibility index (Phi) is 6.56. The molecule has 27 heavy (non-hydrogen) atoms. The Morgan fingerprint density at radius 3 is 2.63 bits per heavy atom. The number of nitrogens with zero attached hydrogens (tertiary/aromatic N) is 2. The molecule has 0 saturated heterocycles. The molecule has 0 aromatic heterocycles. The fourth-order valence-electron chi connectivity index (χ4n) is 2.11. The maximum absolute atomic E-state index is 12.1. The van der Waals surface area contributed by atoms with Crippen LogP contribution in [-0.4, -0.2) is 35.3 Å². The smallest absolute Gasteiger partial charge is 0.312 e. The monoisotopic (exact) mass is 392 g/mol. The Morgan fingerprint density at radius 2 is 2.04 bits per heavy atom. The van der Waals surface area contributed by atoms with Gasteiger partial charge in [0.15, 0.2) is 0 Å². The number of hydrogen-bond donors (Lipinski definition) is 3. The van der Waals surface area contributed by atoms with E-state index in [2.05, 4.69) is 15.8 Å². The average Bonchev–Trinajstić information content (AvgIpc) is 2.64. The van der Waals surface area contributed by atoms with E-state index in [1.807, 2.05) is 0 Å². The van der Waals surface area contributed by atoms with Crippen molar-refractivity contribution in [3.05, 3.63) is 57.1 Å². The van der Waals surface area contributed by atoms with Crippen LogP contribution in [0.2, 0.25) is 5.02 Å². The highest BCUT2D eigenvalue weighted by Crippen LogP contribution is 2.32. The third-order valence-electron chi connectivity index (χ3n) is 3.53. The molecule has 9 nitrogen and oxygen atoms in total. The molecule has 0 aliphatic heterocycles. The number of nitrogens with one attached hydrogen (secondary N) is 2. The largest absolute Gasteiger partial charge is 0.502 e. The Bertz CT molecular complexity index is 870. The lowest BCUT2D eigenvalue weighted by atomic mass is 10.2. The van der Waals surface area contributed by atoms with E-state index < -0.39 is 28.3 Å². The molecule has 3 N–H and O–H groups in total. The first-order valence-electron chi connectivity index (χ1n) is 7.72. The molecule has 0 spiro atoms. The summed E-state index contributed by atoms with van der Waals surface area (Å²) in [4.78, 5) is 22.2. The van der Waals surface area contributed by atoms with E-state index >= 15 is 0 Å². The summed E-state index contributed by atoms with van der Waals surface area (Å²) in [6.45, 7) is 1.64. The number of halogens is 1. The van der Waals surface area contributed by atoms with Gasteiger partial charge in [-0.1, -0.05) is 11.6 Å². The molecule has 0 fully saturated rings. The number of methoxy groups -OCH3 is 1. The SMILES string of the molecule is COc1ccc(N[C@H](C)C(=O)N/N=C\c2cc(Cl)cc([N+](=O)[O-])c2O)cc1. The molecule has 2 aromatic carbocycles. The van der Waals surface area contributed by atoms with Crippen molar-refractivity contribution in [1.82, 2.24) is 5.43 Å². The number of benzene rings is 2. The van der Waals surface area contributed by atoms with Gasteiger partial charge in [-0.05, 0) is 37.3 Å². The number of phenolic OH excluding ortho intramolecular Hbond substituents is 1. The number of hydrogen-bond acceptors (Lipinski definition) is 7. The van der Waals surface area contributed by atoms with Crippen molar-refractivity contribution >= 4 is 35.1 Å². The molecule has 2 aromatic rings. The standard InChI is InChI=1S/C17H17ClN4O5/c1-10(20-13-3-5-14(27-2)6-4-13)17(24)21-19-9-11-7-12(18)8-15(16(11)23)22(25)26/h3-10,20,23H,1-2H3,(H,21,24)/b19-9-/t10-/m1/s1. The van der Waals surface area contributed by atoms with Gasteiger partial charge in [0.2, 0.25) is 5.75 Å². The predicted octanol–water partition coefficient (Wildman–Crippen LogP) is 2.91. The van der Waals surface area contributed by atoms with Crippen molar-refractivity contribution in [2.75, 3.05) is 12.4 Å². The summed E-state index contributed by atoms with van der Waals surface area (Å²) in [5, 5.41) is 27.5. The maximum Gasteiger partial charge on any atom is 0.312 e. The molecular formula is C17H17ClN4O5. The molecule has 0 aliphatic rings. The van der Waals surface area contributed by atoms with Gasteiger partial charge in [-0.3, -0.25) is 14.9 Å². The number of anilines is 1. The van der Waals surface area contributed by atoms with Gasteiger partial charge in [0.05, 0.1) is 18.2 Å². The first kappa shape index (κ1) is 20.0. The highest BCUT2D eigenvalue weighted by atomic mass is 35.5. The van der Waals surface area contributed by atoms with Crippen LogP contribution >= 0.6 is 11.6 Å². The Hall–Kier alpha value is -3.33. The molecule has 0 aliphatic carbocycles. The third-order valence-corrected chi connectivity index (χ3v) is 3.74. The lowest BCUT2D eigenvalue weighted by Crippen LogP contribution is -2.34. The van der Waals surface area contributed by atoms with Gasteiger partial charge < -0.3 is 15.2 Å². The maximum atomic E-state index is 12.1. The summed E-state index contributed by atoms with van der Waals surface area (Å²) < 4.78 is 5.06. The summed E-state index contributed by atoms with van der Waals surface area (Å²) >= 11 is 5.79. The van der Waals surface area contributed by atoms with Gasteiger partial charge in [0, 0.05) is 22.3 Å². The number of rotatable bonds is 7. The van der Waals surface area contributed by atoms with Crippen molar-refractivity contribution < 1.29 is 19.6 Å². The molecule has 0 unspecified atom stereocenters. The Morgan fingerprint density at radius 1 is 1.37 bits per heavy atom. The summed E-state index contributed by atoms with van der Waals surface area (Å²) in [5.74, 6) is -0.345. The van der Waals surface area contributed by atoms with Crippen LogP contribution in [-0.2, 0) is 4.79 Å². The van der Waals surface area contributed by atoms with Crippen LogP contribution < -0.4 is 15.5 Å². The van der Waals surface area contributed by atoms with Crippen molar-refractivity contribution in [3.63, 3.8) is 0 Å². The average molecular weight is 393 g/mol. The van der Waals surface area contributed by atoms with Crippen LogP contribution in [0.5, 0.6) is 11.5 Å². The first-order valence-corrected chi connectivity index (χ1v) is 8.10. The van der Waals surface area contributed by atoms with Gasteiger partial charge in [-0.25, -0.2) is 5.43 Å². The minimum atomic E-state index is -0.766. The van der Waals surface area contributed by atoms with Crippen molar-refractivity contribution in [2.24, 2.45) is 5.10 Å². The molecule has 2 rings (SSSR count). The highest BCUT2D eigenvalue weighted by Gasteiger charge is 2.18. The molecule has 0 bridgehead atoms. The second-order valence-electron chi connectivity index (χ2n) is 5.45. The van der Waals surface area contributed by atoms with Crippen molar-refractivity contribution in [1.29, 1.82) is 0 Å². The van der Waals surface area contributed by atoms with Crippen LogP contribution in [0.1, 0.15) is 12.5 Å². The number of ether oxygens (including phenoxy) is 1. The van der Waals surface area contributed by atoms with E-state index in [4.69, 9.17) is 16.3 Å². The van der Waals surface area contributed by atoms with E-state index in [0.717, 1.165) is 12.3 Å². The number of hydrazone groups is 1. The van der Waals surface area contributed by atoms with Gasteiger partial charge in [-0.2, -0.15) is 5.10 Å². The summed E-state index contributed by atoms with van der Waals surface area (Å²) in [6, 6.07) is 8.72. The van der Waals surface area contributed by atoms with E-state index in [1.165, 1.54) is 6.07 Å². The zero-order chi connectivity index (χ0) is 20.0. The van der Waals surface area contributed by atoms with Crippen molar-refractivity contribution in [2.45, 2.75) is 13.0 Å². The highest BCUT2D eigenvalue weighted by molar-refractivity contribution is 6.31. The lowest BCUT2D eigenvalue weighted by Gasteiger charge is -2.13. The number of nitro benzene ring substituents is 1. The minimum Gasteiger partial charge on any atom is -0.502 e. The molecule has 1 amide bonds. The van der Waals surface area contributed by atoms with Crippen LogP contribution in [0.25, 0.3) is 0 Å². The summed E-state index contributed by atoms with van der Waals surface area (Å²) in [7, 11) is 1.56. The van der Waals surface area contributed by atoms with Crippen LogP contribution in [0, 0.1) is 10.1 Å². The Balaban J connectivity index is 2.00. The fourth-order valence-corrected chi connectivity index (χ4v) is 2.33. The number of amides is 1. The zero-order valence-corrected chi connectivity index (χ0v) is 15.2. The number of carbonyl (C=O) groups is 1. The van der Waals surface area contributed by atoms with Crippen molar-refractivity contribution in [3.8, 4) is 11.5 Å². The molecule has 0 radical (unpaired) electrons. The lowest BCUT2D eigenvalue weighted by molar-refractivity contribution is -0.385. The molecule has 0 heterocycles. The number of aromatic hydroxyl groups is 1. The molecular weight excluding hydrogens is 376 g/mol.